The summed E-state index contributed by atoms with van der Waals surface area (Å²) < 4.78 is 0. The van der Waals surface area contributed by atoms with Crippen LogP contribution in [-0.2, 0) is 4.79 Å². The fraction of sp³-hybridized carbons (Fsp3) is 0.412. The zero-order valence-electron chi connectivity index (χ0n) is 12.1. The van der Waals surface area contributed by atoms with E-state index in [0.29, 0.717) is 5.71 Å². The minimum Gasteiger partial charge on any atom is -0.292 e. The molecule has 2 nitrogen and oxygen atoms in total. The third kappa shape index (κ3) is 4.47. The van der Waals surface area contributed by atoms with Crippen molar-refractivity contribution in [3.8, 4) is 0 Å². The van der Waals surface area contributed by atoms with E-state index in [1.165, 1.54) is 0 Å². The molecule has 0 heterocycles. The van der Waals surface area contributed by atoms with Gasteiger partial charge in [-0.3, -0.25) is 9.79 Å². The van der Waals surface area contributed by atoms with Crippen molar-refractivity contribution in [1.82, 2.24) is 0 Å². The Balaban J connectivity index is 2.99. The van der Waals surface area contributed by atoms with Crippen molar-refractivity contribution in [3.63, 3.8) is 0 Å². The molecule has 0 bridgehead atoms. The van der Waals surface area contributed by atoms with Gasteiger partial charge < -0.3 is 0 Å². The minimum absolute atomic E-state index is 0.0774. The Hall–Kier alpha value is -1.70. The number of carbonyl (C=O) groups excluding carboxylic acids is 1. The van der Waals surface area contributed by atoms with Crippen LogP contribution >= 0.6 is 0 Å². The van der Waals surface area contributed by atoms with Crippen molar-refractivity contribution in [3.05, 3.63) is 48.0 Å². The maximum Gasteiger partial charge on any atom is 0.188 e. The average molecular weight is 257 g/mol. The van der Waals surface area contributed by atoms with E-state index in [1.54, 1.807) is 7.05 Å². The second-order valence-corrected chi connectivity index (χ2v) is 4.54. The molecule has 0 aliphatic heterocycles. The SMILES string of the molecule is CC/C=C\C(=NC)C(=O)C(CCC)c1ccccc1. The van der Waals surface area contributed by atoms with Crippen molar-refractivity contribution in [2.45, 2.75) is 39.0 Å². The van der Waals surface area contributed by atoms with Gasteiger partial charge in [-0.2, -0.15) is 0 Å². The number of benzene rings is 1. The Morgan fingerprint density at radius 1 is 1.26 bits per heavy atom. The van der Waals surface area contributed by atoms with Crippen molar-refractivity contribution in [2.24, 2.45) is 4.99 Å². The molecule has 0 amide bonds. The molecule has 0 radical (unpaired) electrons. The number of aliphatic imine (C=N–C) groups is 1. The molecule has 1 aromatic rings. The van der Waals surface area contributed by atoms with Gasteiger partial charge in [-0.05, 0) is 24.5 Å². The van der Waals surface area contributed by atoms with Gasteiger partial charge in [0.25, 0.3) is 0 Å². The lowest BCUT2D eigenvalue weighted by molar-refractivity contribution is -0.114. The minimum atomic E-state index is -0.0774. The van der Waals surface area contributed by atoms with Crippen molar-refractivity contribution in [1.29, 1.82) is 0 Å². The summed E-state index contributed by atoms with van der Waals surface area (Å²) in [6.07, 6.45) is 6.58. The second-order valence-electron chi connectivity index (χ2n) is 4.54. The highest BCUT2D eigenvalue weighted by molar-refractivity contribution is 6.45. The molecule has 2 heteroatoms. The van der Waals surface area contributed by atoms with Gasteiger partial charge >= 0.3 is 0 Å². The van der Waals surface area contributed by atoms with Gasteiger partial charge in [0.2, 0.25) is 0 Å². The number of Topliss-reactive ketones (excluding diaryl/α,β-unsaturated/α-hetero) is 1. The third-order valence-electron chi connectivity index (χ3n) is 3.10. The summed E-state index contributed by atoms with van der Waals surface area (Å²) in [4.78, 5) is 16.7. The molecule has 0 saturated carbocycles. The van der Waals surface area contributed by atoms with Gasteiger partial charge in [-0.15, -0.1) is 0 Å². The normalized spacial score (nSPS) is 13.7. The highest BCUT2D eigenvalue weighted by atomic mass is 16.1. The topological polar surface area (TPSA) is 29.4 Å². The fourth-order valence-corrected chi connectivity index (χ4v) is 2.10. The molecule has 0 saturated heterocycles. The predicted molar refractivity (Wildman–Crippen MR) is 81.9 cm³/mol. The largest absolute Gasteiger partial charge is 0.292 e. The molecule has 1 unspecified atom stereocenters. The first-order chi connectivity index (χ1) is 9.24. The number of ketones is 1. The van der Waals surface area contributed by atoms with Crippen molar-refractivity contribution in [2.75, 3.05) is 7.05 Å². The summed E-state index contributed by atoms with van der Waals surface area (Å²) in [7, 11) is 1.68. The molecule has 0 aliphatic rings. The van der Waals surface area contributed by atoms with E-state index in [9.17, 15) is 4.79 Å². The van der Waals surface area contributed by atoms with Crippen LogP contribution in [0.15, 0.2) is 47.5 Å². The van der Waals surface area contributed by atoms with Gasteiger partial charge in [0, 0.05) is 13.0 Å². The summed E-state index contributed by atoms with van der Waals surface area (Å²) in [5.74, 6) is 0.0478. The first kappa shape index (κ1) is 15.4. The lowest BCUT2D eigenvalue weighted by atomic mass is 9.88. The van der Waals surface area contributed by atoms with E-state index in [4.69, 9.17) is 0 Å². The van der Waals surface area contributed by atoms with E-state index in [0.717, 1.165) is 24.8 Å². The molecule has 19 heavy (non-hydrogen) atoms. The fourth-order valence-electron chi connectivity index (χ4n) is 2.10. The molecular weight excluding hydrogens is 234 g/mol. The van der Waals surface area contributed by atoms with E-state index in [1.807, 2.05) is 42.5 Å². The van der Waals surface area contributed by atoms with Crippen LogP contribution in [0.3, 0.4) is 0 Å². The van der Waals surface area contributed by atoms with Gasteiger partial charge in [0.05, 0.1) is 0 Å². The molecule has 1 aromatic carbocycles. The first-order valence-electron chi connectivity index (χ1n) is 6.97. The molecule has 0 N–H and O–H groups in total. The standard InChI is InChI=1S/C17H23NO/c1-4-6-13-16(18-3)17(19)15(10-5-2)14-11-8-7-9-12-14/h6-9,11-13,15H,4-5,10H2,1-3H3/b13-6-,18-16?. The quantitative estimate of drug-likeness (QED) is 0.674. The molecule has 1 atom stereocenters. The zero-order chi connectivity index (χ0) is 14.1. The Bertz CT molecular complexity index is 446. The van der Waals surface area contributed by atoms with Crippen LogP contribution in [0.5, 0.6) is 0 Å². The Morgan fingerprint density at radius 2 is 1.95 bits per heavy atom. The maximum absolute atomic E-state index is 12.6. The molecule has 0 fully saturated rings. The number of hydrogen-bond donors (Lipinski definition) is 0. The number of rotatable bonds is 7. The van der Waals surface area contributed by atoms with Crippen LogP contribution < -0.4 is 0 Å². The molecule has 0 aromatic heterocycles. The molecular formula is C17H23NO. The maximum atomic E-state index is 12.6. The summed E-state index contributed by atoms with van der Waals surface area (Å²) in [6, 6.07) is 9.98. The lowest BCUT2D eigenvalue weighted by Crippen LogP contribution is -2.21. The highest BCUT2D eigenvalue weighted by Crippen LogP contribution is 2.23. The van der Waals surface area contributed by atoms with Crippen molar-refractivity contribution < 1.29 is 4.79 Å². The summed E-state index contributed by atoms with van der Waals surface area (Å²) in [5, 5.41) is 0. The number of carbonyl (C=O) groups is 1. The molecule has 1 rings (SSSR count). The van der Waals surface area contributed by atoms with E-state index in [2.05, 4.69) is 18.8 Å². The third-order valence-corrected chi connectivity index (χ3v) is 3.10. The Morgan fingerprint density at radius 3 is 2.47 bits per heavy atom. The molecule has 102 valence electrons. The smallest absolute Gasteiger partial charge is 0.188 e. The van der Waals surface area contributed by atoms with E-state index < -0.39 is 0 Å². The highest BCUT2D eigenvalue weighted by Gasteiger charge is 2.22. The molecule has 0 aliphatic carbocycles. The number of allylic oxidation sites excluding steroid dienone is 2. The Labute approximate surface area is 116 Å². The summed E-state index contributed by atoms with van der Waals surface area (Å²) >= 11 is 0. The molecule has 0 spiro atoms. The van der Waals surface area contributed by atoms with Crippen LogP contribution in [-0.4, -0.2) is 18.5 Å². The van der Waals surface area contributed by atoms with Gasteiger partial charge in [-0.1, -0.05) is 56.7 Å². The zero-order valence-corrected chi connectivity index (χ0v) is 12.1. The van der Waals surface area contributed by atoms with Crippen LogP contribution in [0.4, 0.5) is 0 Å². The van der Waals surface area contributed by atoms with Crippen LogP contribution in [0.2, 0.25) is 0 Å². The van der Waals surface area contributed by atoms with Crippen LogP contribution in [0, 0.1) is 0 Å². The number of hydrogen-bond acceptors (Lipinski definition) is 2. The predicted octanol–water partition coefficient (Wildman–Crippen LogP) is 4.18. The first-order valence-corrected chi connectivity index (χ1v) is 6.97. The van der Waals surface area contributed by atoms with Gasteiger partial charge in [0.1, 0.15) is 5.71 Å². The van der Waals surface area contributed by atoms with Gasteiger partial charge in [-0.25, -0.2) is 0 Å². The van der Waals surface area contributed by atoms with Crippen molar-refractivity contribution >= 4 is 11.5 Å². The van der Waals surface area contributed by atoms with Crippen LogP contribution in [0.1, 0.15) is 44.6 Å². The monoisotopic (exact) mass is 257 g/mol. The summed E-state index contributed by atoms with van der Waals surface area (Å²) in [5.41, 5.74) is 1.66. The number of nitrogens with zero attached hydrogens (tertiary/aromatic N) is 1. The van der Waals surface area contributed by atoms with E-state index in [-0.39, 0.29) is 11.7 Å². The lowest BCUT2D eigenvalue weighted by Gasteiger charge is -2.15. The second kappa shape index (κ2) is 8.41. The van der Waals surface area contributed by atoms with E-state index >= 15 is 0 Å². The average Bonchev–Trinajstić information content (AvgIpc) is 2.46. The van der Waals surface area contributed by atoms with Crippen LogP contribution in [0.25, 0.3) is 0 Å². The summed E-state index contributed by atoms with van der Waals surface area (Å²) in [6.45, 7) is 4.16. The Kier molecular flexibility index (Phi) is 6.80. The van der Waals surface area contributed by atoms with Gasteiger partial charge in [0.15, 0.2) is 5.78 Å².